The van der Waals surface area contributed by atoms with Crippen LogP contribution < -0.4 is 10.6 Å². The summed E-state index contributed by atoms with van der Waals surface area (Å²) < 4.78 is 6.86. The Hall–Kier alpha value is -3.75. The maximum atomic E-state index is 14.3. The number of anilines is 2. The van der Waals surface area contributed by atoms with Crippen LogP contribution in [0.15, 0.2) is 72.8 Å². The first-order valence-corrected chi connectivity index (χ1v) is 15.2. The fourth-order valence-corrected chi connectivity index (χ4v) is 7.62. The molecular formula is C34H39N3O5. The van der Waals surface area contributed by atoms with Crippen LogP contribution in [0.4, 0.5) is 11.4 Å². The van der Waals surface area contributed by atoms with E-state index in [1.54, 1.807) is 4.90 Å². The Balaban J connectivity index is 1.33. The van der Waals surface area contributed by atoms with Gasteiger partial charge in [-0.3, -0.25) is 14.4 Å². The Labute approximate surface area is 246 Å². The third-order valence-electron chi connectivity index (χ3n) is 9.58. The number of nitrogens with zero attached hydrogens (tertiary/aromatic N) is 1. The summed E-state index contributed by atoms with van der Waals surface area (Å²) in [4.78, 5) is 44.1. The summed E-state index contributed by atoms with van der Waals surface area (Å²) in [5.74, 6) is -2.13. The number of carbonyl (C=O) groups excluding carboxylic acids is 3. The van der Waals surface area contributed by atoms with Crippen molar-refractivity contribution in [3.05, 3.63) is 72.8 Å². The van der Waals surface area contributed by atoms with Gasteiger partial charge < -0.3 is 25.4 Å². The second-order valence-electron chi connectivity index (χ2n) is 11.9. The van der Waals surface area contributed by atoms with Gasteiger partial charge in [0, 0.05) is 24.5 Å². The van der Waals surface area contributed by atoms with E-state index in [0.717, 1.165) is 23.6 Å². The summed E-state index contributed by atoms with van der Waals surface area (Å²) in [5, 5.41) is 17.4. The van der Waals surface area contributed by atoms with Crippen molar-refractivity contribution in [2.24, 2.45) is 11.8 Å². The lowest BCUT2D eigenvalue weighted by Gasteiger charge is -2.34. The number of nitrogens with one attached hydrogen (secondary N) is 2. The lowest BCUT2D eigenvalue weighted by atomic mass is 9.65. The summed E-state index contributed by atoms with van der Waals surface area (Å²) in [5.41, 5.74) is -0.543. The molecule has 0 radical (unpaired) electrons. The molecule has 0 saturated carbocycles. The lowest BCUT2D eigenvalue weighted by molar-refractivity contribution is -0.144. The number of unbranched alkanes of at least 4 members (excludes halogenated alkanes) is 3. The molecule has 2 bridgehead atoms. The van der Waals surface area contributed by atoms with Crippen LogP contribution in [0, 0.1) is 11.8 Å². The van der Waals surface area contributed by atoms with Crippen molar-refractivity contribution < 1.29 is 24.2 Å². The van der Waals surface area contributed by atoms with Gasteiger partial charge in [-0.25, -0.2) is 0 Å². The van der Waals surface area contributed by atoms with Crippen molar-refractivity contribution in [1.82, 2.24) is 4.90 Å². The molecule has 6 rings (SSSR count). The van der Waals surface area contributed by atoms with Gasteiger partial charge in [-0.1, -0.05) is 68.3 Å². The van der Waals surface area contributed by atoms with Gasteiger partial charge in [0.2, 0.25) is 17.7 Å². The van der Waals surface area contributed by atoms with Crippen molar-refractivity contribution in [1.29, 1.82) is 0 Å². The molecule has 220 valence electrons. The maximum Gasteiger partial charge on any atom is 0.250 e. The molecular weight excluding hydrogens is 530 g/mol. The number of ether oxygens (including phenoxy) is 1. The molecule has 0 aliphatic carbocycles. The highest BCUT2D eigenvalue weighted by molar-refractivity contribution is 6.05. The topological polar surface area (TPSA) is 108 Å². The highest BCUT2D eigenvalue weighted by Crippen LogP contribution is 2.64. The first-order chi connectivity index (χ1) is 20.4. The lowest BCUT2D eigenvalue weighted by Crippen LogP contribution is -2.53. The van der Waals surface area contributed by atoms with E-state index in [1.807, 2.05) is 79.7 Å². The predicted octanol–water partition coefficient (Wildman–Crippen LogP) is 5.12. The second kappa shape index (κ2) is 11.5. The quantitative estimate of drug-likeness (QED) is 0.278. The zero-order chi connectivity index (χ0) is 29.3. The molecule has 42 heavy (non-hydrogen) atoms. The molecule has 3 aromatic rings. The van der Waals surface area contributed by atoms with Gasteiger partial charge in [0.15, 0.2) is 0 Å². The zero-order valence-electron chi connectivity index (χ0n) is 24.1. The fraction of sp³-hybridized carbons (Fsp3) is 0.441. The van der Waals surface area contributed by atoms with Crippen molar-refractivity contribution in [3.8, 4) is 0 Å². The van der Waals surface area contributed by atoms with Crippen molar-refractivity contribution >= 4 is 39.9 Å². The van der Waals surface area contributed by atoms with Crippen LogP contribution in [0.25, 0.3) is 10.8 Å². The van der Waals surface area contributed by atoms with E-state index >= 15 is 0 Å². The van der Waals surface area contributed by atoms with E-state index < -0.39 is 29.1 Å². The summed E-state index contributed by atoms with van der Waals surface area (Å²) in [7, 11) is 0. The van der Waals surface area contributed by atoms with E-state index in [2.05, 4.69) is 10.6 Å². The number of aliphatic hydroxyl groups is 1. The average Bonchev–Trinajstić information content (AvgIpc) is 3.61. The van der Waals surface area contributed by atoms with E-state index in [0.29, 0.717) is 50.0 Å². The number of fused-ring (bicyclic) bond motifs is 2. The van der Waals surface area contributed by atoms with Crippen LogP contribution in [0.2, 0.25) is 0 Å². The third-order valence-corrected chi connectivity index (χ3v) is 9.58. The number of likely N-dealkylation sites (tertiary alicyclic amines) is 1. The Morgan fingerprint density at radius 2 is 1.60 bits per heavy atom. The monoisotopic (exact) mass is 569 g/mol. The van der Waals surface area contributed by atoms with Gasteiger partial charge in [-0.2, -0.15) is 0 Å². The van der Waals surface area contributed by atoms with Gasteiger partial charge >= 0.3 is 0 Å². The largest absolute Gasteiger partial charge is 0.396 e. The molecule has 3 aromatic carbocycles. The van der Waals surface area contributed by atoms with Crippen LogP contribution in [-0.2, 0) is 19.1 Å². The van der Waals surface area contributed by atoms with E-state index in [1.165, 1.54) is 0 Å². The number of amides is 3. The Kier molecular flexibility index (Phi) is 7.77. The van der Waals surface area contributed by atoms with Crippen molar-refractivity contribution in [3.63, 3.8) is 0 Å². The average molecular weight is 570 g/mol. The van der Waals surface area contributed by atoms with Gasteiger partial charge in [-0.05, 0) is 67.1 Å². The standard InChI is InChI=1S/C34H39N3O5/c1-2-33-18-19-34(42-33)28(27(33)30(39)35-25-14-6-5-7-15-25)32(41)37(20-10-3-4-11-21-38)29(34)31(40)36-26-17-16-23-12-8-9-13-24(23)22-26/h5-9,12-17,22,27-29,38H,2-4,10-11,18-21H2,1H3,(H,35,39)(H,36,40)/t27-,28+,29?,33+,34?/m1/s1. The van der Waals surface area contributed by atoms with Crippen LogP contribution >= 0.6 is 0 Å². The highest BCUT2D eigenvalue weighted by atomic mass is 16.5. The third kappa shape index (κ3) is 4.76. The summed E-state index contributed by atoms with van der Waals surface area (Å²) >= 11 is 0. The Morgan fingerprint density at radius 1 is 0.881 bits per heavy atom. The molecule has 3 heterocycles. The van der Waals surface area contributed by atoms with Crippen molar-refractivity contribution in [2.75, 3.05) is 23.8 Å². The van der Waals surface area contributed by atoms with Gasteiger partial charge in [-0.15, -0.1) is 0 Å². The predicted molar refractivity (Wildman–Crippen MR) is 162 cm³/mol. The first-order valence-electron chi connectivity index (χ1n) is 15.2. The van der Waals surface area contributed by atoms with Crippen LogP contribution in [-0.4, -0.2) is 58.1 Å². The maximum absolute atomic E-state index is 14.3. The molecule has 3 aliphatic heterocycles. The molecule has 8 heteroatoms. The number of aliphatic hydroxyl groups excluding tert-OH is 1. The molecule has 3 aliphatic rings. The first kappa shape index (κ1) is 28.4. The van der Waals surface area contributed by atoms with Crippen molar-refractivity contribution in [2.45, 2.75) is 69.1 Å². The number of hydrogen-bond donors (Lipinski definition) is 3. The molecule has 3 amide bonds. The molecule has 0 aromatic heterocycles. The fourth-order valence-electron chi connectivity index (χ4n) is 7.62. The highest BCUT2D eigenvalue weighted by Gasteiger charge is 2.78. The molecule has 3 saturated heterocycles. The smallest absolute Gasteiger partial charge is 0.250 e. The Morgan fingerprint density at radius 3 is 2.36 bits per heavy atom. The van der Waals surface area contributed by atoms with Gasteiger partial charge in [0.05, 0.1) is 17.4 Å². The number of para-hydroxylation sites is 1. The number of benzene rings is 3. The van der Waals surface area contributed by atoms with Gasteiger partial charge in [0.1, 0.15) is 11.6 Å². The zero-order valence-corrected chi connectivity index (χ0v) is 24.1. The van der Waals surface area contributed by atoms with Gasteiger partial charge in [0.25, 0.3) is 0 Å². The minimum atomic E-state index is -1.07. The van der Waals surface area contributed by atoms with E-state index in [-0.39, 0.29) is 24.3 Å². The minimum Gasteiger partial charge on any atom is -0.396 e. The summed E-state index contributed by atoms with van der Waals surface area (Å²) in [6, 6.07) is 22.2. The van der Waals surface area contributed by atoms with Crippen LogP contribution in [0.5, 0.6) is 0 Å². The molecule has 5 atom stereocenters. The number of carbonyl (C=O) groups is 3. The molecule has 2 unspecified atom stereocenters. The van der Waals surface area contributed by atoms with Crippen LogP contribution in [0.3, 0.4) is 0 Å². The second-order valence-corrected chi connectivity index (χ2v) is 11.9. The normalized spacial score (nSPS) is 27.8. The van der Waals surface area contributed by atoms with E-state index in [4.69, 9.17) is 4.74 Å². The van der Waals surface area contributed by atoms with E-state index in [9.17, 15) is 19.5 Å². The number of rotatable bonds is 11. The Bertz CT molecular complexity index is 1480. The minimum absolute atomic E-state index is 0.135. The van der Waals surface area contributed by atoms with Crippen LogP contribution in [0.1, 0.15) is 51.9 Å². The SMILES string of the molecule is CC[C@@]12CCC3(O1)C(C(=O)Nc1ccc4ccccc4c1)N(CCCCCCO)C(=O)[C@@H]3[C@@H]2C(=O)Nc1ccccc1. The molecule has 3 fully saturated rings. The molecule has 1 spiro atoms. The summed E-state index contributed by atoms with van der Waals surface area (Å²) in [6.45, 7) is 2.53. The summed E-state index contributed by atoms with van der Waals surface area (Å²) in [6.07, 6.45) is 4.82. The molecule has 3 N–H and O–H groups in total. The molecule has 8 nitrogen and oxygen atoms in total. The number of hydrogen-bond acceptors (Lipinski definition) is 5.